The lowest BCUT2D eigenvalue weighted by atomic mass is 10.0. The van der Waals surface area contributed by atoms with Gasteiger partial charge in [0.1, 0.15) is 17.3 Å². The zero-order chi connectivity index (χ0) is 15.9. The number of aryl methyl sites for hydroxylation is 1. The number of aromatic hydroxyl groups is 1. The average molecular weight is 302 g/mol. The van der Waals surface area contributed by atoms with Crippen LogP contribution in [0.2, 0.25) is 0 Å². The molecule has 0 saturated heterocycles. The fraction of sp³-hybridized carbons (Fsp3) is 0.250. The summed E-state index contributed by atoms with van der Waals surface area (Å²) in [5, 5.41) is 14.0. The molecule has 2 aromatic rings. The van der Waals surface area contributed by atoms with E-state index in [1.165, 1.54) is 18.4 Å². The molecule has 2 N–H and O–H groups in total. The molecule has 1 aromatic carbocycles. The number of furan rings is 1. The van der Waals surface area contributed by atoms with Gasteiger partial charge in [0, 0.05) is 11.1 Å². The third-order valence-corrected chi connectivity index (χ3v) is 3.85. The van der Waals surface area contributed by atoms with Gasteiger partial charge >= 0.3 is 0 Å². The van der Waals surface area contributed by atoms with Gasteiger partial charge < -0.3 is 9.52 Å². The number of hydrogen-bond acceptors (Lipinski definition) is 4. The van der Waals surface area contributed by atoms with E-state index in [9.17, 15) is 14.3 Å². The molecule has 0 aliphatic heterocycles. The summed E-state index contributed by atoms with van der Waals surface area (Å²) in [5.74, 6) is -0.424. The molecule has 0 saturated carbocycles. The molecule has 0 radical (unpaired) electrons. The molecule has 6 heteroatoms. The number of rotatable bonds is 2. The number of benzene rings is 1. The van der Waals surface area contributed by atoms with Gasteiger partial charge in [-0.1, -0.05) is 6.92 Å². The lowest BCUT2D eigenvalue weighted by Crippen LogP contribution is -2.19. The molecule has 1 atom stereocenters. The van der Waals surface area contributed by atoms with E-state index < -0.39 is 5.91 Å². The SMILES string of the molecule is Cc1occc1C(=O)N/N=C1\C[C@H](C)c2c(F)ccc(O)c21. The topological polar surface area (TPSA) is 74.8 Å². The van der Waals surface area contributed by atoms with Crippen molar-refractivity contribution in [3.8, 4) is 5.75 Å². The molecule has 0 fully saturated rings. The minimum atomic E-state index is -0.407. The maximum absolute atomic E-state index is 13.9. The van der Waals surface area contributed by atoms with E-state index in [0.717, 1.165) is 0 Å². The van der Waals surface area contributed by atoms with Crippen LogP contribution in [0.4, 0.5) is 4.39 Å². The molecule has 0 bridgehead atoms. The van der Waals surface area contributed by atoms with Crippen LogP contribution in [0.1, 0.15) is 46.5 Å². The fourth-order valence-electron chi connectivity index (χ4n) is 2.76. The molecule has 1 aliphatic carbocycles. The third kappa shape index (κ3) is 2.26. The molecule has 1 heterocycles. The van der Waals surface area contributed by atoms with Gasteiger partial charge in [-0.25, -0.2) is 9.82 Å². The van der Waals surface area contributed by atoms with Gasteiger partial charge in [0.2, 0.25) is 0 Å². The molecule has 1 amide bonds. The van der Waals surface area contributed by atoms with Crippen LogP contribution >= 0.6 is 0 Å². The van der Waals surface area contributed by atoms with E-state index in [4.69, 9.17) is 4.42 Å². The van der Waals surface area contributed by atoms with E-state index in [-0.39, 0.29) is 17.5 Å². The number of hydrazone groups is 1. The highest BCUT2D eigenvalue weighted by Crippen LogP contribution is 2.39. The summed E-state index contributed by atoms with van der Waals surface area (Å²) in [6.45, 7) is 3.53. The molecule has 0 spiro atoms. The Bertz CT molecular complexity index is 780. The van der Waals surface area contributed by atoms with Crippen LogP contribution < -0.4 is 5.43 Å². The van der Waals surface area contributed by atoms with Crippen LogP contribution in [0.15, 0.2) is 34.0 Å². The first kappa shape index (κ1) is 14.3. The van der Waals surface area contributed by atoms with Crippen LogP contribution in [0, 0.1) is 12.7 Å². The zero-order valence-electron chi connectivity index (χ0n) is 12.2. The molecule has 114 valence electrons. The monoisotopic (exact) mass is 302 g/mol. The smallest absolute Gasteiger partial charge is 0.274 e. The first-order chi connectivity index (χ1) is 10.5. The number of phenolic OH excluding ortho intramolecular Hbond substituents is 1. The first-order valence-electron chi connectivity index (χ1n) is 6.91. The van der Waals surface area contributed by atoms with Crippen molar-refractivity contribution in [2.24, 2.45) is 5.10 Å². The maximum Gasteiger partial charge on any atom is 0.274 e. The second-order valence-electron chi connectivity index (χ2n) is 5.35. The van der Waals surface area contributed by atoms with Gasteiger partial charge in [-0.05, 0) is 37.5 Å². The highest BCUT2D eigenvalue weighted by atomic mass is 19.1. The summed E-state index contributed by atoms with van der Waals surface area (Å²) in [7, 11) is 0. The Morgan fingerprint density at radius 1 is 1.45 bits per heavy atom. The minimum Gasteiger partial charge on any atom is -0.507 e. The van der Waals surface area contributed by atoms with E-state index in [1.54, 1.807) is 13.0 Å². The minimum absolute atomic E-state index is 0.0340. The van der Waals surface area contributed by atoms with Crippen molar-refractivity contribution >= 4 is 11.6 Å². The number of fused-ring (bicyclic) bond motifs is 1. The number of amides is 1. The van der Waals surface area contributed by atoms with Gasteiger partial charge in [0.15, 0.2) is 0 Å². The van der Waals surface area contributed by atoms with Gasteiger partial charge in [-0.2, -0.15) is 5.10 Å². The van der Waals surface area contributed by atoms with Crippen LogP contribution in [-0.4, -0.2) is 16.7 Å². The quantitative estimate of drug-likeness (QED) is 0.837. The molecule has 1 aliphatic rings. The molecule has 22 heavy (non-hydrogen) atoms. The summed E-state index contributed by atoms with van der Waals surface area (Å²) in [5.41, 5.74) is 4.10. The Labute approximate surface area is 126 Å². The Morgan fingerprint density at radius 3 is 2.91 bits per heavy atom. The van der Waals surface area contributed by atoms with Crippen molar-refractivity contribution in [3.05, 3.63) is 52.7 Å². The van der Waals surface area contributed by atoms with Crippen molar-refractivity contribution < 1.29 is 18.7 Å². The molecule has 3 rings (SSSR count). The summed E-state index contributed by atoms with van der Waals surface area (Å²) >= 11 is 0. The van der Waals surface area contributed by atoms with E-state index in [0.29, 0.717) is 34.6 Å². The normalized spacial score (nSPS) is 18.5. The molecular weight excluding hydrogens is 287 g/mol. The number of nitrogens with zero attached hydrogens (tertiary/aromatic N) is 1. The van der Waals surface area contributed by atoms with Crippen molar-refractivity contribution in [3.63, 3.8) is 0 Å². The summed E-state index contributed by atoms with van der Waals surface area (Å²) in [6, 6.07) is 4.08. The predicted molar refractivity (Wildman–Crippen MR) is 78.5 cm³/mol. The fourth-order valence-corrected chi connectivity index (χ4v) is 2.76. The Morgan fingerprint density at radius 2 is 2.23 bits per heavy atom. The second kappa shape index (κ2) is 5.29. The standard InChI is InChI=1S/C16H15FN2O3/c1-8-7-12(15-13(20)4-3-11(17)14(8)15)18-19-16(21)10-5-6-22-9(10)2/h3-6,8,20H,7H2,1-2H3,(H,19,21)/b18-12+/t8-/m0/s1. The van der Waals surface area contributed by atoms with Crippen molar-refractivity contribution in [2.45, 2.75) is 26.2 Å². The first-order valence-corrected chi connectivity index (χ1v) is 6.91. The number of halogens is 1. The van der Waals surface area contributed by atoms with Crippen LogP contribution in [-0.2, 0) is 0 Å². The third-order valence-electron chi connectivity index (χ3n) is 3.85. The second-order valence-corrected chi connectivity index (χ2v) is 5.35. The lowest BCUT2D eigenvalue weighted by Gasteiger charge is -2.06. The predicted octanol–water partition coefficient (Wildman–Crippen LogP) is 3.07. The molecule has 5 nitrogen and oxygen atoms in total. The highest BCUT2D eigenvalue weighted by molar-refractivity contribution is 6.08. The van der Waals surface area contributed by atoms with E-state index in [2.05, 4.69) is 10.5 Å². The molecule has 1 aromatic heterocycles. The maximum atomic E-state index is 13.9. The number of carbonyl (C=O) groups excluding carboxylic acids is 1. The van der Waals surface area contributed by atoms with Crippen molar-refractivity contribution in [1.29, 1.82) is 0 Å². The highest BCUT2D eigenvalue weighted by Gasteiger charge is 2.30. The average Bonchev–Trinajstić information content (AvgIpc) is 3.05. The number of carbonyl (C=O) groups is 1. The number of phenols is 1. The Hall–Kier alpha value is -2.63. The van der Waals surface area contributed by atoms with Gasteiger partial charge in [-0.3, -0.25) is 4.79 Å². The van der Waals surface area contributed by atoms with Gasteiger partial charge in [0.25, 0.3) is 5.91 Å². The van der Waals surface area contributed by atoms with Gasteiger partial charge in [0.05, 0.1) is 17.5 Å². The number of hydrogen-bond donors (Lipinski definition) is 2. The van der Waals surface area contributed by atoms with Crippen LogP contribution in [0.3, 0.4) is 0 Å². The Kier molecular flexibility index (Phi) is 3.44. The Balaban J connectivity index is 1.91. The van der Waals surface area contributed by atoms with Gasteiger partial charge in [-0.15, -0.1) is 0 Å². The van der Waals surface area contributed by atoms with E-state index >= 15 is 0 Å². The summed E-state index contributed by atoms with van der Waals surface area (Å²) in [6.07, 6.45) is 1.88. The number of nitrogens with one attached hydrogen (secondary N) is 1. The summed E-state index contributed by atoms with van der Waals surface area (Å²) in [4.78, 5) is 12.0. The largest absolute Gasteiger partial charge is 0.507 e. The summed E-state index contributed by atoms with van der Waals surface area (Å²) < 4.78 is 19.0. The molecular formula is C16H15FN2O3. The van der Waals surface area contributed by atoms with Crippen LogP contribution in [0.5, 0.6) is 5.75 Å². The van der Waals surface area contributed by atoms with E-state index in [1.807, 2.05) is 6.92 Å². The zero-order valence-corrected chi connectivity index (χ0v) is 12.2. The molecule has 0 unspecified atom stereocenters. The lowest BCUT2D eigenvalue weighted by molar-refractivity contribution is 0.0953. The van der Waals surface area contributed by atoms with Crippen LogP contribution in [0.25, 0.3) is 0 Å². The van der Waals surface area contributed by atoms with Crippen molar-refractivity contribution in [1.82, 2.24) is 5.43 Å². The van der Waals surface area contributed by atoms with Crippen molar-refractivity contribution in [2.75, 3.05) is 0 Å².